The van der Waals surface area contributed by atoms with Gasteiger partial charge in [0.2, 0.25) is 5.91 Å². The van der Waals surface area contributed by atoms with Gasteiger partial charge in [0, 0.05) is 28.1 Å². The van der Waals surface area contributed by atoms with Crippen LogP contribution < -0.4 is 14.8 Å². The molecule has 3 rings (SSSR count). The van der Waals surface area contributed by atoms with Crippen LogP contribution in [0.5, 0.6) is 11.5 Å². The fourth-order valence-corrected chi connectivity index (χ4v) is 4.82. The summed E-state index contributed by atoms with van der Waals surface area (Å²) in [6.07, 6.45) is 8.38. The van der Waals surface area contributed by atoms with Gasteiger partial charge in [0.1, 0.15) is 11.5 Å². The number of benzene rings is 1. The average molecular weight is 447 g/mol. The van der Waals surface area contributed by atoms with E-state index in [1.807, 2.05) is 30.3 Å². The quantitative estimate of drug-likeness (QED) is 0.392. The van der Waals surface area contributed by atoms with Crippen LogP contribution in [0.1, 0.15) is 30.6 Å². The Bertz CT molecular complexity index is 816. The molecule has 1 aromatic heterocycles. The lowest BCUT2D eigenvalue weighted by Gasteiger charge is -2.25. The Kier molecular flexibility index (Phi) is 9.60. The van der Waals surface area contributed by atoms with Gasteiger partial charge in [0.25, 0.3) is 0 Å². The summed E-state index contributed by atoms with van der Waals surface area (Å²) < 4.78 is 11.0. The fraction of sp³-hybridized carbons (Fsp3) is 0.435. The van der Waals surface area contributed by atoms with E-state index < -0.39 is 0 Å². The van der Waals surface area contributed by atoms with Crippen molar-refractivity contribution in [2.45, 2.75) is 37.1 Å². The zero-order chi connectivity index (χ0) is 21.0. The van der Waals surface area contributed by atoms with Gasteiger partial charge >= 0.3 is 0 Å². The third-order valence-electron chi connectivity index (χ3n) is 4.78. The SMILES string of the molecule is COc1cccc(SCC(=O)N/C=C\CCOc2csc(CN3CCCCC3)c2)c1. The van der Waals surface area contributed by atoms with Crippen LogP contribution in [0.4, 0.5) is 0 Å². The smallest absolute Gasteiger partial charge is 0.234 e. The number of hydrogen-bond acceptors (Lipinski definition) is 6. The molecule has 7 heteroatoms. The first-order valence-corrected chi connectivity index (χ1v) is 12.2. The van der Waals surface area contributed by atoms with E-state index in [0.717, 1.165) is 29.4 Å². The monoisotopic (exact) mass is 446 g/mol. The van der Waals surface area contributed by atoms with E-state index in [9.17, 15) is 4.79 Å². The van der Waals surface area contributed by atoms with Crippen LogP contribution in [0.15, 0.2) is 52.9 Å². The largest absolute Gasteiger partial charge is 0.497 e. The van der Waals surface area contributed by atoms with Gasteiger partial charge in [-0.1, -0.05) is 18.6 Å². The van der Waals surface area contributed by atoms with Crippen molar-refractivity contribution in [2.24, 2.45) is 0 Å². The molecule has 0 radical (unpaired) electrons. The number of rotatable bonds is 11. The predicted molar refractivity (Wildman–Crippen MR) is 125 cm³/mol. The number of carbonyl (C=O) groups is 1. The number of ether oxygens (including phenoxy) is 2. The number of thioether (sulfide) groups is 1. The molecule has 30 heavy (non-hydrogen) atoms. The number of piperidine rings is 1. The van der Waals surface area contributed by atoms with E-state index in [0.29, 0.717) is 12.4 Å². The number of carbonyl (C=O) groups excluding carboxylic acids is 1. The molecule has 5 nitrogen and oxygen atoms in total. The number of thiophene rings is 1. The van der Waals surface area contributed by atoms with Gasteiger partial charge in [-0.2, -0.15) is 0 Å². The molecule has 2 heterocycles. The number of nitrogens with one attached hydrogen (secondary N) is 1. The molecule has 1 saturated heterocycles. The summed E-state index contributed by atoms with van der Waals surface area (Å²) in [6.45, 7) is 4.06. The van der Waals surface area contributed by atoms with Crippen molar-refractivity contribution >= 4 is 29.0 Å². The van der Waals surface area contributed by atoms with Crippen LogP contribution in [0.3, 0.4) is 0 Å². The molecule has 1 aliphatic heterocycles. The van der Waals surface area contributed by atoms with Crippen LogP contribution in [0.25, 0.3) is 0 Å². The second kappa shape index (κ2) is 12.7. The van der Waals surface area contributed by atoms with E-state index in [1.54, 1.807) is 24.6 Å². The molecule has 0 spiro atoms. The van der Waals surface area contributed by atoms with Gasteiger partial charge in [0.05, 0.1) is 19.5 Å². The van der Waals surface area contributed by atoms with Crippen molar-refractivity contribution in [1.29, 1.82) is 0 Å². The van der Waals surface area contributed by atoms with E-state index in [1.165, 1.54) is 49.0 Å². The zero-order valence-corrected chi connectivity index (χ0v) is 19.1. The van der Waals surface area contributed by atoms with Gasteiger partial charge in [-0.3, -0.25) is 9.69 Å². The maximum absolute atomic E-state index is 11.9. The molecule has 0 unspecified atom stereocenters. The highest BCUT2D eigenvalue weighted by atomic mass is 32.2. The van der Waals surface area contributed by atoms with Crippen LogP contribution in [-0.4, -0.2) is 43.4 Å². The molecule has 1 N–H and O–H groups in total. The van der Waals surface area contributed by atoms with Gasteiger partial charge in [0.15, 0.2) is 0 Å². The summed E-state index contributed by atoms with van der Waals surface area (Å²) in [6, 6.07) is 9.85. The highest BCUT2D eigenvalue weighted by molar-refractivity contribution is 8.00. The van der Waals surface area contributed by atoms with Crippen LogP contribution in [0, 0.1) is 0 Å². The topological polar surface area (TPSA) is 50.8 Å². The van der Waals surface area contributed by atoms with Gasteiger partial charge in [-0.25, -0.2) is 0 Å². The lowest BCUT2D eigenvalue weighted by Crippen LogP contribution is -2.28. The molecule has 1 fully saturated rings. The first kappa shape index (κ1) is 22.7. The lowest BCUT2D eigenvalue weighted by atomic mass is 10.1. The Morgan fingerprint density at radius 1 is 1.23 bits per heavy atom. The minimum absolute atomic E-state index is 0.0276. The molecule has 2 aromatic rings. The van der Waals surface area contributed by atoms with E-state index in [4.69, 9.17) is 9.47 Å². The maximum atomic E-state index is 11.9. The standard InChI is InChI=1S/C23H30N2O3S2/c1-27-19-8-7-9-21(14-19)30-18-23(26)24-10-3-6-13-28-20-15-22(29-17-20)16-25-11-4-2-5-12-25/h3,7-10,14-15,17H,2,4-6,11-13,16,18H2,1H3,(H,24,26)/b10-3-. The Hall–Kier alpha value is -1.96. The third kappa shape index (κ3) is 8.05. The molecule has 0 aliphatic carbocycles. The molecular weight excluding hydrogens is 416 g/mol. The summed E-state index contributed by atoms with van der Waals surface area (Å²) in [5.41, 5.74) is 0. The van der Waals surface area contributed by atoms with Crippen molar-refractivity contribution < 1.29 is 14.3 Å². The highest BCUT2D eigenvalue weighted by Gasteiger charge is 2.11. The summed E-state index contributed by atoms with van der Waals surface area (Å²) in [7, 11) is 1.64. The minimum Gasteiger partial charge on any atom is -0.497 e. The second-order valence-corrected chi connectivity index (χ2v) is 9.20. The fourth-order valence-electron chi connectivity index (χ4n) is 3.22. The Labute approximate surface area is 187 Å². The number of methoxy groups -OCH3 is 1. The molecule has 1 amide bonds. The van der Waals surface area contributed by atoms with Crippen molar-refractivity contribution in [3.8, 4) is 11.5 Å². The Morgan fingerprint density at radius 3 is 2.93 bits per heavy atom. The minimum atomic E-state index is -0.0276. The summed E-state index contributed by atoms with van der Waals surface area (Å²) >= 11 is 3.25. The second-order valence-electron chi connectivity index (χ2n) is 7.16. The molecule has 0 atom stereocenters. The van der Waals surface area contributed by atoms with E-state index in [2.05, 4.69) is 21.7 Å². The first-order chi connectivity index (χ1) is 14.7. The Morgan fingerprint density at radius 2 is 2.10 bits per heavy atom. The molecule has 1 aromatic carbocycles. The zero-order valence-electron chi connectivity index (χ0n) is 17.5. The average Bonchev–Trinajstić information content (AvgIpc) is 3.22. The van der Waals surface area contributed by atoms with Crippen molar-refractivity contribution in [1.82, 2.24) is 10.2 Å². The van der Waals surface area contributed by atoms with Crippen LogP contribution in [-0.2, 0) is 11.3 Å². The van der Waals surface area contributed by atoms with Gasteiger partial charge in [-0.15, -0.1) is 23.1 Å². The predicted octanol–water partition coefficient (Wildman–Crippen LogP) is 4.93. The van der Waals surface area contributed by atoms with Gasteiger partial charge in [-0.05, 0) is 56.4 Å². The summed E-state index contributed by atoms with van der Waals surface area (Å²) in [4.78, 5) is 16.8. The summed E-state index contributed by atoms with van der Waals surface area (Å²) in [5.74, 6) is 2.08. The lowest BCUT2D eigenvalue weighted by molar-refractivity contribution is -0.117. The van der Waals surface area contributed by atoms with Crippen molar-refractivity contribution in [3.05, 3.63) is 52.9 Å². The van der Waals surface area contributed by atoms with Crippen molar-refractivity contribution in [3.63, 3.8) is 0 Å². The summed E-state index contributed by atoms with van der Waals surface area (Å²) in [5, 5.41) is 4.88. The number of likely N-dealkylation sites (tertiary alicyclic amines) is 1. The highest BCUT2D eigenvalue weighted by Crippen LogP contribution is 2.24. The Balaban J connectivity index is 1.27. The third-order valence-corrected chi connectivity index (χ3v) is 6.68. The molecular formula is C23H30N2O3S2. The van der Waals surface area contributed by atoms with Crippen LogP contribution in [0.2, 0.25) is 0 Å². The molecule has 0 bridgehead atoms. The first-order valence-electron chi connectivity index (χ1n) is 10.4. The molecule has 1 aliphatic rings. The van der Waals surface area contributed by atoms with E-state index in [-0.39, 0.29) is 5.91 Å². The molecule has 162 valence electrons. The van der Waals surface area contributed by atoms with Gasteiger partial charge < -0.3 is 14.8 Å². The number of amides is 1. The normalized spacial score (nSPS) is 14.7. The number of nitrogens with zero attached hydrogens (tertiary/aromatic N) is 1. The van der Waals surface area contributed by atoms with Crippen molar-refractivity contribution in [2.75, 3.05) is 32.6 Å². The maximum Gasteiger partial charge on any atom is 0.234 e. The number of hydrogen-bond donors (Lipinski definition) is 1. The van der Waals surface area contributed by atoms with Crippen LogP contribution >= 0.6 is 23.1 Å². The molecule has 0 saturated carbocycles. The van der Waals surface area contributed by atoms with E-state index >= 15 is 0 Å².